The smallest absolute Gasteiger partial charge is 0.368 e. The predicted molar refractivity (Wildman–Crippen MR) is 66.9 cm³/mol. The Morgan fingerprint density at radius 1 is 1.25 bits per heavy atom. The van der Waals surface area contributed by atoms with Crippen molar-refractivity contribution in [1.82, 2.24) is 4.98 Å². The number of nitrogens with zero attached hydrogens (tertiary/aromatic N) is 2. The highest BCUT2D eigenvalue weighted by Crippen LogP contribution is 2.24. The minimum absolute atomic E-state index is 0.165. The van der Waals surface area contributed by atoms with E-state index in [1.54, 1.807) is 0 Å². The van der Waals surface area contributed by atoms with Gasteiger partial charge in [0.15, 0.2) is 23.3 Å². The molecule has 20 heavy (non-hydrogen) atoms. The Balaban J connectivity index is 2.87. The summed E-state index contributed by atoms with van der Waals surface area (Å²) in [5, 5.41) is 2.66. The second-order valence-corrected chi connectivity index (χ2v) is 4.34. The molecule has 0 saturated carbocycles. The summed E-state index contributed by atoms with van der Waals surface area (Å²) >= 11 is 0. The second-order valence-electron chi connectivity index (χ2n) is 4.34. The number of nitrogens with one attached hydrogen (secondary N) is 1. The lowest BCUT2D eigenvalue weighted by molar-refractivity contribution is -0.132. The topological polar surface area (TPSA) is 28.2 Å². The van der Waals surface area contributed by atoms with Crippen molar-refractivity contribution in [2.75, 3.05) is 30.4 Å². The van der Waals surface area contributed by atoms with E-state index < -0.39 is 30.8 Å². The molecule has 0 spiro atoms. The third-order valence-corrected chi connectivity index (χ3v) is 2.55. The highest BCUT2D eigenvalue weighted by Gasteiger charge is 2.28. The molecule has 0 saturated heterocycles. The van der Waals surface area contributed by atoms with E-state index in [9.17, 15) is 22.0 Å². The average molecular weight is 297 g/mol. The quantitative estimate of drug-likeness (QED) is 0.814. The van der Waals surface area contributed by atoms with Crippen molar-refractivity contribution in [3.8, 4) is 0 Å². The van der Waals surface area contributed by atoms with E-state index in [1.807, 2.05) is 6.92 Å². The van der Waals surface area contributed by atoms with Gasteiger partial charge in [-0.3, -0.25) is 0 Å². The lowest BCUT2D eigenvalue weighted by atomic mass is 10.3. The van der Waals surface area contributed by atoms with E-state index in [0.29, 0.717) is 19.0 Å². The number of rotatable bonds is 6. The molecule has 0 aliphatic carbocycles. The van der Waals surface area contributed by atoms with Gasteiger partial charge in [-0.05, 0) is 6.42 Å². The molecule has 114 valence electrons. The fourth-order valence-electron chi connectivity index (χ4n) is 1.49. The summed E-state index contributed by atoms with van der Waals surface area (Å²) in [6.07, 6.45) is -4.73. The Labute approximate surface area is 113 Å². The summed E-state index contributed by atoms with van der Waals surface area (Å²) in [6, 6.07) is 0.615. The maximum Gasteiger partial charge on any atom is 0.390 e. The molecule has 0 radical (unpaired) electrons. The molecule has 1 aromatic rings. The van der Waals surface area contributed by atoms with Crippen molar-refractivity contribution < 1.29 is 22.0 Å². The van der Waals surface area contributed by atoms with Crippen molar-refractivity contribution in [3.63, 3.8) is 0 Å². The number of halogens is 5. The SMILES string of the molecule is CCCNc1nc(N(C)CCC(F)(F)F)c(F)cc1F. The Morgan fingerprint density at radius 2 is 1.90 bits per heavy atom. The second kappa shape index (κ2) is 6.71. The van der Waals surface area contributed by atoms with Crippen LogP contribution in [0.15, 0.2) is 6.07 Å². The first-order valence-electron chi connectivity index (χ1n) is 6.12. The first-order chi connectivity index (χ1) is 9.24. The standard InChI is InChI=1S/C12H16F5N3/c1-3-5-18-10-8(13)7-9(14)11(19-10)20(2)6-4-12(15,16)17/h7H,3-6H2,1-2H3,(H,18,19). The van der Waals surface area contributed by atoms with E-state index in [4.69, 9.17) is 0 Å². The van der Waals surface area contributed by atoms with Crippen LogP contribution in [0.3, 0.4) is 0 Å². The van der Waals surface area contributed by atoms with Crippen LogP contribution in [-0.4, -0.2) is 31.3 Å². The molecular formula is C12H16F5N3. The minimum atomic E-state index is -4.34. The molecule has 0 fully saturated rings. The van der Waals surface area contributed by atoms with Crippen LogP contribution in [0, 0.1) is 11.6 Å². The Morgan fingerprint density at radius 3 is 2.45 bits per heavy atom. The molecule has 0 aromatic carbocycles. The summed E-state index contributed by atoms with van der Waals surface area (Å²) < 4.78 is 63.4. The van der Waals surface area contributed by atoms with Gasteiger partial charge >= 0.3 is 6.18 Å². The molecule has 0 aliphatic heterocycles. The van der Waals surface area contributed by atoms with Crippen molar-refractivity contribution in [3.05, 3.63) is 17.7 Å². The van der Waals surface area contributed by atoms with Crippen molar-refractivity contribution >= 4 is 11.6 Å². The van der Waals surface area contributed by atoms with Crippen molar-refractivity contribution in [1.29, 1.82) is 0 Å². The normalized spacial score (nSPS) is 11.6. The summed E-state index contributed by atoms with van der Waals surface area (Å²) in [5.41, 5.74) is 0. The number of hydrogen-bond donors (Lipinski definition) is 1. The number of pyridine rings is 1. The van der Waals surface area contributed by atoms with Gasteiger partial charge in [-0.25, -0.2) is 13.8 Å². The molecule has 0 atom stereocenters. The van der Waals surface area contributed by atoms with E-state index in [-0.39, 0.29) is 11.6 Å². The van der Waals surface area contributed by atoms with Crippen LogP contribution in [0.1, 0.15) is 19.8 Å². The average Bonchev–Trinajstić information content (AvgIpc) is 2.34. The van der Waals surface area contributed by atoms with Gasteiger partial charge in [-0.2, -0.15) is 13.2 Å². The lowest BCUT2D eigenvalue weighted by Crippen LogP contribution is -2.26. The monoisotopic (exact) mass is 297 g/mol. The molecule has 0 aliphatic rings. The van der Waals surface area contributed by atoms with Gasteiger partial charge in [0.25, 0.3) is 0 Å². The van der Waals surface area contributed by atoms with Crippen LogP contribution in [-0.2, 0) is 0 Å². The fourth-order valence-corrected chi connectivity index (χ4v) is 1.49. The maximum absolute atomic E-state index is 13.6. The highest BCUT2D eigenvalue weighted by atomic mass is 19.4. The van der Waals surface area contributed by atoms with Gasteiger partial charge in [0, 0.05) is 26.2 Å². The molecule has 1 N–H and O–H groups in total. The van der Waals surface area contributed by atoms with Crippen LogP contribution in [0.25, 0.3) is 0 Å². The van der Waals surface area contributed by atoms with Gasteiger partial charge < -0.3 is 10.2 Å². The van der Waals surface area contributed by atoms with Gasteiger partial charge in [0.05, 0.1) is 6.42 Å². The molecule has 8 heteroatoms. The van der Waals surface area contributed by atoms with Crippen LogP contribution in [0.4, 0.5) is 33.6 Å². The summed E-state index contributed by atoms with van der Waals surface area (Å²) in [5.74, 6) is -2.34. The van der Waals surface area contributed by atoms with E-state index in [1.165, 1.54) is 7.05 Å². The third kappa shape index (κ3) is 4.82. The molecule has 1 heterocycles. The number of alkyl halides is 3. The third-order valence-electron chi connectivity index (χ3n) is 2.55. The molecule has 1 aromatic heterocycles. The van der Waals surface area contributed by atoms with Gasteiger partial charge in [0.2, 0.25) is 0 Å². The summed E-state index contributed by atoms with van der Waals surface area (Å²) in [7, 11) is 1.28. The largest absolute Gasteiger partial charge is 0.390 e. The first kappa shape index (κ1) is 16.5. The zero-order chi connectivity index (χ0) is 15.3. The van der Waals surface area contributed by atoms with Crippen molar-refractivity contribution in [2.45, 2.75) is 25.9 Å². The minimum Gasteiger partial charge on any atom is -0.368 e. The number of anilines is 2. The predicted octanol–water partition coefficient (Wildman–Crippen LogP) is 3.57. The lowest BCUT2D eigenvalue weighted by Gasteiger charge is -2.20. The van der Waals surface area contributed by atoms with Crippen LogP contribution in [0.2, 0.25) is 0 Å². The van der Waals surface area contributed by atoms with Crippen LogP contribution < -0.4 is 10.2 Å². The van der Waals surface area contributed by atoms with Gasteiger partial charge in [-0.15, -0.1) is 0 Å². The zero-order valence-electron chi connectivity index (χ0n) is 11.2. The van der Waals surface area contributed by atoms with Crippen LogP contribution in [0.5, 0.6) is 0 Å². The van der Waals surface area contributed by atoms with E-state index in [2.05, 4.69) is 10.3 Å². The fraction of sp³-hybridized carbons (Fsp3) is 0.583. The molecule has 1 rings (SSSR count). The molecule has 3 nitrogen and oxygen atoms in total. The number of aromatic nitrogens is 1. The first-order valence-corrected chi connectivity index (χ1v) is 6.12. The summed E-state index contributed by atoms with van der Waals surface area (Å²) in [4.78, 5) is 4.72. The maximum atomic E-state index is 13.6. The number of hydrogen-bond acceptors (Lipinski definition) is 3. The summed E-state index contributed by atoms with van der Waals surface area (Å²) in [6.45, 7) is 1.83. The Bertz CT molecular complexity index is 447. The zero-order valence-corrected chi connectivity index (χ0v) is 11.2. The Hall–Kier alpha value is -1.60. The molecule has 0 unspecified atom stereocenters. The molecular weight excluding hydrogens is 281 g/mol. The molecule has 0 amide bonds. The van der Waals surface area contributed by atoms with Gasteiger partial charge in [0.1, 0.15) is 0 Å². The van der Waals surface area contributed by atoms with Crippen molar-refractivity contribution in [2.24, 2.45) is 0 Å². The van der Waals surface area contributed by atoms with E-state index in [0.717, 1.165) is 4.90 Å². The van der Waals surface area contributed by atoms with Crippen LogP contribution >= 0.6 is 0 Å². The highest BCUT2D eigenvalue weighted by molar-refractivity contribution is 5.48. The van der Waals surface area contributed by atoms with Gasteiger partial charge in [-0.1, -0.05) is 6.92 Å². The Kier molecular flexibility index (Phi) is 5.52. The van der Waals surface area contributed by atoms with E-state index >= 15 is 0 Å². The molecule has 0 bridgehead atoms.